The number of halogens is 1. The van der Waals surface area contributed by atoms with Crippen LogP contribution in [-0.2, 0) is 4.74 Å². The van der Waals surface area contributed by atoms with Gasteiger partial charge in [-0.1, -0.05) is 39.0 Å². The number of unbranched alkanes of at least 4 members (excludes halogenated alkanes) is 5. The lowest BCUT2D eigenvalue weighted by atomic mass is 10.0. The summed E-state index contributed by atoms with van der Waals surface area (Å²) in [6.45, 7) is 1.76. The molecule has 0 radical (unpaired) electrons. The Morgan fingerprint density at radius 3 is 2.35 bits per heavy atom. The first-order chi connectivity index (χ1) is 9.61. The van der Waals surface area contributed by atoms with Gasteiger partial charge >= 0.3 is 0 Å². The molecule has 0 unspecified atom stereocenters. The maximum atomic E-state index is 13.8. The quantitative estimate of drug-likeness (QED) is 0.567. The van der Waals surface area contributed by atoms with E-state index in [9.17, 15) is 14.6 Å². The van der Waals surface area contributed by atoms with Crippen molar-refractivity contribution in [3.05, 3.63) is 0 Å². The van der Waals surface area contributed by atoms with Gasteiger partial charge in [-0.2, -0.15) is 0 Å². The summed E-state index contributed by atoms with van der Waals surface area (Å²) in [5, 5.41) is 28.2. The van der Waals surface area contributed by atoms with E-state index in [1.807, 2.05) is 0 Å². The number of aliphatic hydroxyl groups excluding tert-OH is 3. The molecular formula is C14H27FO4S. The first-order valence-corrected chi connectivity index (χ1v) is 8.54. The molecule has 6 heteroatoms. The lowest BCUT2D eigenvalue weighted by Gasteiger charge is -2.38. The van der Waals surface area contributed by atoms with Gasteiger partial charge in [0.15, 0.2) is 6.17 Å². The minimum Gasteiger partial charge on any atom is -0.394 e. The van der Waals surface area contributed by atoms with Gasteiger partial charge in [-0.3, -0.25) is 0 Å². The molecule has 1 fully saturated rings. The van der Waals surface area contributed by atoms with E-state index in [0.717, 1.165) is 18.6 Å². The Balaban J connectivity index is 2.21. The van der Waals surface area contributed by atoms with Crippen molar-refractivity contribution in [1.82, 2.24) is 0 Å². The van der Waals surface area contributed by atoms with E-state index < -0.39 is 36.5 Å². The molecule has 0 amide bonds. The minimum atomic E-state index is -1.61. The highest BCUT2D eigenvalue weighted by Gasteiger charge is 2.44. The third kappa shape index (κ3) is 5.48. The van der Waals surface area contributed by atoms with Crippen molar-refractivity contribution >= 4 is 11.8 Å². The van der Waals surface area contributed by atoms with Crippen molar-refractivity contribution < 1.29 is 24.4 Å². The molecule has 3 N–H and O–H groups in total. The highest BCUT2D eigenvalue weighted by Crippen LogP contribution is 2.31. The van der Waals surface area contributed by atoms with E-state index >= 15 is 0 Å². The Kier molecular flexibility index (Phi) is 9.04. The molecule has 0 aromatic carbocycles. The predicted molar refractivity (Wildman–Crippen MR) is 78.5 cm³/mol. The molecule has 1 aliphatic heterocycles. The second kappa shape index (κ2) is 9.95. The second-order valence-electron chi connectivity index (χ2n) is 5.29. The van der Waals surface area contributed by atoms with Gasteiger partial charge < -0.3 is 20.1 Å². The van der Waals surface area contributed by atoms with Crippen LogP contribution < -0.4 is 0 Å². The predicted octanol–water partition coefficient (Wildman–Crippen LogP) is 1.86. The lowest BCUT2D eigenvalue weighted by Crippen LogP contribution is -2.56. The first-order valence-electron chi connectivity index (χ1n) is 7.50. The van der Waals surface area contributed by atoms with E-state index in [2.05, 4.69) is 6.92 Å². The third-order valence-corrected chi connectivity index (χ3v) is 4.81. The van der Waals surface area contributed by atoms with Crippen LogP contribution in [0.3, 0.4) is 0 Å². The van der Waals surface area contributed by atoms with Crippen LogP contribution >= 0.6 is 11.8 Å². The molecule has 0 bridgehead atoms. The Labute approximate surface area is 124 Å². The summed E-state index contributed by atoms with van der Waals surface area (Å²) >= 11 is 1.31. The number of alkyl halides is 1. The summed E-state index contributed by atoms with van der Waals surface area (Å²) < 4.78 is 19.1. The topological polar surface area (TPSA) is 69.9 Å². The number of thioether (sulfide) groups is 1. The van der Waals surface area contributed by atoms with E-state index in [1.165, 1.54) is 37.4 Å². The standard InChI is InChI=1S/C14H27FO4S/c1-2-3-4-5-6-7-8-20-14-11(15)13(18)12(17)10(9-16)19-14/h10-14,16-18H,2-9H2,1H3/t10-,11-,12-,13-,14-/m1/s1. The monoisotopic (exact) mass is 310 g/mol. The van der Waals surface area contributed by atoms with Gasteiger partial charge in [0.25, 0.3) is 0 Å². The Bertz CT molecular complexity index is 255. The molecule has 0 aromatic heterocycles. The summed E-state index contributed by atoms with van der Waals surface area (Å²) in [6.07, 6.45) is 1.66. The van der Waals surface area contributed by atoms with Gasteiger partial charge in [0.05, 0.1) is 6.61 Å². The number of hydrogen-bond acceptors (Lipinski definition) is 5. The maximum Gasteiger partial charge on any atom is 0.164 e. The molecule has 20 heavy (non-hydrogen) atoms. The van der Waals surface area contributed by atoms with Crippen LogP contribution in [0.5, 0.6) is 0 Å². The summed E-state index contributed by atoms with van der Waals surface area (Å²) in [7, 11) is 0. The highest BCUT2D eigenvalue weighted by molar-refractivity contribution is 7.99. The zero-order valence-electron chi connectivity index (χ0n) is 12.1. The molecule has 1 heterocycles. The average molecular weight is 310 g/mol. The molecule has 1 aliphatic rings. The molecule has 0 spiro atoms. The fourth-order valence-electron chi connectivity index (χ4n) is 2.26. The van der Waals surface area contributed by atoms with Crippen LogP contribution in [0.1, 0.15) is 45.4 Å². The average Bonchev–Trinajstić information content (AvgIpc) is 2.46. The van der Waals surface area contributed by atoms with Gasteiger partial charge in [0.1, 0.15) is 23.7 Å². The molecule has 0 saturated carbocycles. The van der Waals surface area contributed by atoms with Crippen LogP contribution in [0.25, 0.3) is 0 Å². The van der Waals surface area contributed by atoms with E-state index in [4.69, 9.17) is 9.84 Å². The third-order valence-electron chi connectivity index (χ3n) is 3.59. The van der Waals surface area contributed by atoms with Crippen LogP contribution in [0.15, 0.2) is 0 Å². The SMILES string of the molecule is CCCCCCCCS[C@H]1O[C@H](CO)[C@@H](O)[C@H](O)[C@H]1F. The summed E-state index contributed by atoms with van der Waals surface area (Å²) in [6, 6.07) is 0. The minimum absolute atomic E-state index is 0.418. The summed E-state index contributed by atoms with van der Waals surface area (Å²) in [5.41, 5.74) is -0.804. The van der Waals surface area contributed by atoms with E-state index in [-0.39, 0.29) is 0 Å². The smallest absolute Gasteiger partial charge is 0.164 e. The first kappa shape index (κ1) is 18.2. The van der Waals surface area contributed by atoms with E-state index in [1.54, 1.807) is 0 Å². The molecular weight excluding hydrogens is 283 g/mol. The van der Waals surface area contributed by atoms with Gasteiger partial charge in [0.2, 0.25) is 0 Å². The zero-order chi connectivity index (χ0) is 15.0. The van der Waals surface area contributed by atoms with Gasteiger partial charge in [-0.15, -0.1) is 11.8 Å². The van der Waals surface area contributed by atoms with E-state index in [0.29, 0.717) is 0 Å². The van der Waals surface area contributed by atoms with Crippen LogP contribution in [0.2, 0.25) is 0 Å². The zero-order valence-corrected chi connectivity index (χ0v) is 12.9. The van der Waals surface area contributed by atoms with Crippen molar-refractivity contribution in [1.29, 1.82) is 0 Å². The van der Waals surface area contributed by atoms with Crippen LogP contribution in [0, 0.1) is 0 Å². The highest BCUT2D eigenvalue weighted by atomic mass is 32.2. The second-order valence-corrected chi connectivity index (χ2v) is 6.50. The Morgan fingerprint density at radius 1 is 1.05 bits per heavy atom. The fourth-order valence-corrected chi connectivity index (χ4v) is 3.43. The van der Waals surface area contributed by atoms with Gasteiger partial charge in [-0.05, 0) is 12.2 Å². The number of aliphatic hydroxyl groups is 3. The van der Waals surface area contributed by atoms with Crippen molar-refractivity contribution in [2.24, 2.45) is 0 Å². The number of hydrogen-bond donors (Lipinski definition) is 3. The van der Waals surface area contributed by atoms with Crippen molar-refractivity contribution in [3.63, 3.8) is 0 Å². The van der Waals surface area contributed by atoms with Crippen molar-refractivity contribution in [3.8, 4) is 0 Å². The lowest BCUT2D eigenvalue weighted by molar-refractivity contribution is -0.188. The fraction of sp³-hybridized carbons (Fsp3) is 1.00. The van der Waals surface area contributed by atoms with Crippen molar-refractivity contribution in [2.45, 2.75) is 75.4 Å². The molecule has 5 atom stereocenters. The summed E-state index contributed by atoms with van der Waals surface area (Å²) in [5.74, 6) is 0.762. The molecule has 0 aromatic rings. The molecule has 4 nitrogen and oxygen atoms in total. The van der Waals surface area contributed by atoms with Gasteiger partial charge in [-0.25, -0.2) is 4.39 Å². The Morgan fingerprint density at radius 2 is 1.70 bits per heavy atom. The molecule has 120 valence electrons. The maximum absolute atomic E-state index is 13.8. The van der Waals surface area contributed by atoms with Gasteiger partial charge in [0, 0.05) is 0 Å². The molecule has 1 saturated heterocycles. The van der Waals surface area contributed by atoms with Crippen molar-refractivity contribution in [2.75, 3.05) is 12.4 Å². The van der Waals surface area contributed by atoms with Crippen LogP contribution in [-0.4, -0.2) is 57.6 Å². The number of rotatable bonds is 9. The molecule has 0 aliphatic carbocycles. The normalized spacial score (nSPS) is 34.4. The molecule has 1 rings (SSSR count). The number of ether oxygens (including phenoxy) is 1. The summed E-state index contributed by atoms with van der Waals surface area (Å²) in [4.78, 5) is 0. The van der Waals surface area contributed by atoms with Crippen LogP contribution in [0.4, 0.5) is 4.39 Å². The largest absolute Gasteiger partial charge is 0.394 e. The Hall–Kier alpha value is 0.120.